The standard InChI is InChI=1S/C21H18F2N4O/c22-16-5-1-14(2-6-16)13-27-12-11-19(21(27)28)24-20-10-9-18(25-26-20)15-3-7-17(23)8-4-15/h1-10,19H,11-13H2,(H,24,26). The quantitative estimate of drug-likeness (QED) is 0.734. The molecule has 5 nitrogen and oxygen atoms in total. The molecule has 4 rings (SSSR count). The molecule has 2 heterocycles. The Balaban J connectivity index is 1.38. The van der Waals surface area contributed by atoms with Gasteiger partial charge in [0, 0.05) is 18.7 Å². The summed E-state index contributed by atoms with van der Waals surface area (Å²) in [6.45, 7) is 1.07. The lowest BCUT2D eigenvalue weighted by Gasteiger charge is -2.17. The highest BCUT2D eigenvalue weighted by Gasteiger charge is 2.31. The van der Waals surface area contributed by atoms with Crippen molar-refractivity contribution in [1.82, 2.24) is 15.1 Å². The number of rotatable bonds is 5. The van der Waals surface area contributed by atoms with Gasteiger partial charge in [0.15, 0.2) is 0 Å². The van der Waals surface area contributed by atoms with Gasteiger partial charge >= 0.3 is 0 Å². The van der Waals surface area contributed by atoms with Crippen LogP contribution in [0.25, 0.3) is 11.3 Å². The largest absolute Gasteiger partial charge is 0.357 e. The number of carbonyl (C=O) groups is 1. The van der Waals surface area contributed by atoms with Crippen molar-refractivity contribution in [3.8, 4) is 11.3 Å². The van der Waals surface area contributed by atoms with Crippen LogP contribution in [0.4, 0.5) is 14.6 Å². The zero-order valence-electron chi connectivity index (χ0n) is 15.0. The van der Waals surface area contributed by atoms with Crippen LogP contribution in [-0.2, 0) is 11.3 Å². The summed E-state index contributed by atoms with van der Waals surface area (Å²) in [5.74, 6) is -0.111. The van der Waals surface area contributed by atoms with Crippen molar-refractivity contribution in [2.24, 2.45) is 0 Å². The fraction of sp³-hybridized carbons (Fsp3) is 0.190. The maximum atomic E-state index is 13.0. The topological polar surface area (TPSA) is 58.1 Å². The average molecular weight is 380 g/mol. The predicted octanol–water partition coefficient (Wildman–Crippen LogP) is 3.63. The molecule has 0 spiro atoms. The van der Waals surface area contributed by atoms with E-state index in [1.165, 1.54) is 24.3 Å². The van der Waals surface area contributed by atoms with E-state index in [4.69, 9.17) is 0 Å². The van der Waals surface area contributed by atoms with E-state index in [1.54, 1.807) is 41.3 Å². The first-order valence-electron chi connectivity index (χ1n) is 8.98. The van der Waals surface area contributed by atoms with Gasteiger partial charge in [-0.05, 0) is 60.5 Å². The number of likely N-dealkylation sites (tertiary alicyclic amines) is 1. The molecule has 142 valence electrons. The summed E-state index contributed by atoms with van der Waals surface area (Å²) in [6, 6.07) is 15.3. The van der Waals surface area contributed by atoms with Crippen LogP contribution in [0.5, 0.6) is 0 Å². The second-order valence-electron chi connectivity index (χ2n) is 6.68. The zero-order valence-corrected chi connectivity index (χ0v) is 15.0. The molecule has 3 aromatic rings. The number of hydrogen-bond donors (Lipinski definition) is 1. The van der Waals surface area contributed by atoms with Crippen LogP contribution in [0, 0.1) is 11.6 Å². The number of anilines is 1. The summed E-state index contributed by atoms with van der Waals surface area (Å²) in [6.07, 6.45) is 0.654. The van der Waals surface area contributed by atoms with Crippen LogP contribution in [0.2, 0.25) is 0 Å². The van der Waals surface area contributed by atoms with Crippen LogP contribution in [0.1, 0.15) is 12.0 Å². The molecule has 0 aliphatic carbocycles. The van der Waals surface area contributed by atoms with Gasteiger partial charge in [-0.1, -0.05) is 12.1 Å². The monoisotopic (exact) mass is 380 g/mol. The highest BCUT2D eigenvalue weighted by molar-refractivity contribution is 5.86. The second-order valence-corrected chi connectivity index (χ2v) is 6.68. The zero-order chi connectivity index (χ0) is 19.5. The van der Waals surface area contributed by atoms with E-state index < -0.39 is 0 Å². The maximum Gasteiger partial charge on any atom is 0.245 e. The summed E-state index contributed by atoms with van der Waals surface area (Å²) >= 11 is 0. The molecule has 0 radical (unpaired) electrons. The molecule has 1 saturated heterocycles. The fourth-order valence-electron chi connectivity index (χ4n) is 3.20. The van der Waals surface area contributed by atoms with Gasteiger partial charge in [0.2, 0.25) is 5.91 Å². The Hall–Kier alpha value is -3.35. The van der Waals surface area contributed by atoms with Crippen molar-refractivity contribution in [3.63, 3.8) is 0 Å². The van der Waals surface area contributed by atoms with E-state index in [2.05, 4.69) is 15.5 Å². The average Bonchev–Trinajstić information content (AvgIpc) is 3.04. The minimum absolute atomic E-state index is 0.0197. The number of aromatic nitrogens is 2. The summed E-state index contributed by atoms with van der Waals surface area (Å²) in [4.78, 5) is 14.3. The first-order valence-corrected chi connectivity index (χ1v) is 8.98. The lowest BCUT2D eigenvalue weighted by molar-refractivity contribution is -0.128. The molecular weight excluding hydrogens is 362 g/mol. The van der Waals surface area contributed by atoms with E-state index in [1.807, 2.05) is 0 Å². The van der Waals surface area contributed by atoms with Gasteiger partial charge in [-0.25, -0.2) is 8.78 Å². The normalized spacial score (nSPS) is 16.4. The van der Waals surface area contributed by atoms with Gasteiger partial charge in [0.1, 0.15) is 23.5 Å². The summed E-state index contributed by atoms with van der Waals surface area (Å²) < 4.78 is 26.0. The minimum Gasteiger partial charge on any atom is -0.357 e. The fourth-order valence-corrected chi connectivity index (χ4v) is 3.20. The molecule has 1 N–H and O–H groups in total. The number of nitrogens with one attached hydrogen (secondary N) is 1. The van der Waals surface area contributed by atoms with Gasteiger partial charge in [-0.15, -0.1) is 10.2 Å². The predicted molar refractivity (Wildman–Crippen MR) is 101 cm³/mol. The van der Waals surface area contributed by atoms with Gasteiger partial charge in [-0.2, -0.15) is 0 Å². The minimum atomic E-state index is -0.369. The van der Waals surface area contributed by atoms with Gasteiger partial charge in [-0.3, -0.25) is 4.79 Å². The maximum absolute atomic E-state index is 13.0. The van der Waals surface area contributed by atoms with Crippen molar-refractivity contribution >= 4 is 11.7 Å². The number of benzene rings is 2. The number of carbonyl (C=O) groups excluding carboxylic acids is 1. The Kier molecular flexibility index (Phi) is 4.97. The Bertz CT molecular complexity index is 959. The molecule has 1 aromatic heterocycles. The Morgan fingerprint density at radius 2 is 1.61 bits per heavy atom. The molecule has 0 saturated carbocycles. The number of halogens is 2. The molecule has 1 aliphatic rings. The molecule has 7 heteroatoms. The van der Waals surface area contributed by atoms with Gasteiger partial charge in [0.25, 0.3) is 0 Å². The lowest BCUT2D eigenvalue weighted by Crippen LogP contribution is -2.33. The third kappa shape index (κ3) is 3.98. The summed E-state index contributed by atoms with van der Waals surface area (Å²) in [5.41, 5.74) is 2.28. The molecule has 1 unspecified atom stereocenters. The van der Waals surface area contributed by atoms with Crippen molar-refractivity contribution in [2.75, 3.05) is 11.9 Å². The van der Waals surface area contributed by atoms with Crippen LogP contribution in [-0.4, -0.2) is 33.6 Å². The van der Waals surface area contributed by atoms with Gasteiger partial charge in [0.05, 0.1) is 5.69 Å². The van der Waals surface area contributed by atoms with E-state index in [9.17, 15) is 13.6 Å². The molecule has 1 fully saturated rings. The summed E-state index contributed by atoms with van der Waals surface area (Å²) in [5, 5.41) is 11.4. The van der Waals surface area contributed by atoms with Crippen LogP contribution >= 0.6 is 0 Å². The molecule has 2 aromatic carbocycles. The second kappa shape index (κ2) is 7.72. The third-order valence-electron chi connectivity index (χ3n) is 4.71. The lowest BCUT2D eigenvalue weighted by atomic mass is 10.1. The molecule has 28 heavy (non-hydrogen) atoms. The molecular formula is C21H18F2N4O. The van der Waals surface area contributed by atoms with Crippen molar-refractivity contribution < 1.29 is 13.6 Å². The SMILES string of the molecule is O=C1C(Nc2ccc(-c3ccc(F)cc3)nn2)CCN1Cc1ccc(F)cc1. The highest BCUT2D eigenvalue weighted by atomic mass is 19.1. The van der Waals surface area contributed by atoms with Crippen molar-refractivity contribution in [3.05, 3.63) is 77.9 Å². The molecule has 0 bridgehead atoms. The third-order valence-corrected chi connectivity index (χ3v) is 4.71. The number of hydrogen-bond acceptors (Lipinski definition) is 4. The molecule has 1 aliphatic heterocycles. The van der Waals surface area contributed by atoms with E-state index in [0.29, 0.717) is 31.0 Å². The first kappa shape index (κ1) is 18.0. The first-order chi connectivity index (χ1) is 13.6. The van der Waals surface area contributed by atoms with E-state index >= 15 is 0 Å². The number of nitrogens with zero attached hydrogens (tertiary/aromatic N) is 3. The highest BCUT2D eigenvalue weighted by Crippen LogP contribution is 2.21. The van der Waals surface area contributed by atoms with Crippen molar-refractivity contribution in [2.45, 2.75) is 19.0 Å². The smallest absolute Gasteiger partial charge is 0.245 e. The number of amides is 1. The van der Waals surface area contributed by atoms with Crippen LogP contribution in [0.15, 0.2) is 60.7 Å². The molecule has 1 amide bonds. The van der Waals surface area contributed by atoms with Crippen LogP contribution < -0.4 is 5.32 Å². The van der Waals surface area contributed by atoms with E-state index in [0.717, 1.165) is 11.1 Å². The van der Waals surface area contributed by atoms with E-state index in [-0.39, 0.29) is 23.6 Å². The van der Waals surface area contributed by atoms with Crippen molar-refractivity contribution in [1.29, 1.82) is 0 Å². The summed E-state index contributed by atoms with van der Waals surface area (Å²) in [7, 11) is 0. The molecule has 1 atom stereocenters. The van der Waals surface area contributed by atoms with Crippen LogP contribution in [0.3, 0.4) is 0 Å². The Morgan fingerprint density at radius 3 is 2.25 bits per heavy atom. The Morgan fingerprint density at radius 1 is 0.929 bits per heavy atom. The Labute approximate surface area is 161 Å². The van der Waals surface area contributed by atoms with Gasteiger partial charge < -0.3 is 10.2 Å².